The van der Waals surface area contributed by atoms with E-state index in [4.69, 9.17) is 0 Å². The zero-order chi connectivity index (χ0) is 8.27. The van der Waals surface area contributed by atoms with Crippen LogP contribution in [0.2, 0.25) is 0 Å². The molecule has 0 atom stereocenters. The van der Waals surface area contributed by atoms with Crippen LogP contribution in [-0.2, 0) is 0 Å². The molecule has 0 aliphatic rings. The molecule has 0 aliphatic carbocycles. The van der Waals surface area contributed by atoms with Crippen molar-refractivity contribution in [1.29, 1.82) is 0 Å². The number of rotatable bonds is 2. The molecule has 11 heavy (non-hydrogen) atoms. The average Bonchev–Trinajstić information content (AvgIpc) is 1.85. The van der Waals surface area contributed by atoms with Crippen LogP contribution in [0.15, 0.2) is 17.0 Å². The predicted molar refractivity (Wildman–Crippen MR) is 53.4 cm³/mol. The highest BCUT2D eigenvalue weighted by atomic mass is 32.2. The molecule has 0 bridgehead atoms. The van der Waals surface area contributed by atoms with Crippen molar-refractivity contribution in [2.24, 2.45) is 0 Å². The maximum absolute atomic E-state index is 4.28. The Hall–Kier alpha value is -0.150. The number of pyridine rings is 1. The van der Waals surface area contributed by atoms with Crippen molar-refractivity contribution < 1.29 is 0 Å². The number of hydrogen-bond acceptors (Lipinski definition) is 3. The largest absolute Gasteiger partial charge is 0.258 e. The first kappa shape index (κ1) is 8.94. The van der Waals surface area contributed by atoms with Gasteiger partial charge in [0.2, 0.25) is 0 Å². The quantitative estimate of drug-likeness (QED) is 0.432. The Morgan fingerprint density at radius 2 is 1.91 bits per heavy atom. The fraction of sp³-hybridized carbons (Fsp3) is 0.375. The van der Waals surface area contributed by atoms with Gasteiger partial charge in [0.1, 0.15) is 0 Å². The summed E-state index contributed by atoms with van der Waals surface area (Å²) < 4.78 is 0. The molecule has 0 N–H and O–H groups in total. The Morgan fingerprint density at radius 3 is 2.36 bits per heavy atom. The fourth-order valence-electron chi connectivity index (χ4n) is 0.954. The van der Waals surface area contributed by atoms with Crippen LogP contribution in [0.4, 0.5) is 0 Å². The van der Waals surface area contributed by atoms with Gasteiger partial charge in [-0.1, -0.05) is 0 Å². The summed E-state index contributed by atoms with van der Waals surface area (Å²) in [5, 5.41) is 0.822. The van der Waals surface area contributed by atoms with Crippen molar-refractivity contribution >= 4 is 24.4 Å². The first-order valence-electron chi connectivity index (χ1n) is 3.41. The topological polar surface area (TPSA) is 12.9 Å². The van der Waals surface area contributed by atoms with Gasteiger partial charge < -0.3 is 0 Å². The molecule has 0 saturated carbocycles. The molecule has 1 nitrogen and oxygen atoms in total. The van der Waals surface area contributed by atoms with Gasteiger partial charge in [-0.15, -0.1) is 11.8 Å². The summed E-state index contributed by atoms with van der Waals surface area (Å²) in [6.45, 7) is 4.02. The lowest BCUT2D eigenvalue weighted by atomic mass is 10.3. The van der Waals surface area contributed by atoms with Crippen molar-refractivity contribution in [2.45, 2.75) is 18.7 Å². The van der Waals surface area contributed by atoms with Crippen LogP contribution in [0.25, 0.3) is 0 Å². The van der Waals surface area contributed by atoms with Crippen molar-refractivity contribution in [1.82, 2.24) is 4.98 Å². The first-order chi connectivity index (χ1) is 5.22. The molecule has 0 aromatic carbocycles. The van der Waals surface area contributed by atoms with E-state index in [9.17, 15) is 0 Å². The lowest BCUT2D eigenvalue weighted by Gasteiger charge is -2.00. The van der Waals surface area contributed by atoms with Crippen LogP contribution in [0.3, 0.4) is 0 Å². The lowest BCUT2D eigenvalue weighted by molar-refractivity contribution is 1.09. The molecule has 0 aliphatic heterocycles. The molecule has 1 rings (SSSR count). The molecule has 0 unspecified atom stereocenters. The van der Waals surface area contributed by atoms with Gasteiger partial charge in [0.05, 0.1) is 0 Å². The van der Waals surface area contributed by atoms with Crippen molar-refractivity contribution in [3.05, 3.63) is 23.5 Å². The van der Waals surface area contributed by atoms with E-state index >= 15 is 0 Å². The number of thiol groups is 1. The van der Waals surface area contributed by atoms with Gasteiger partial charge in [-0.05, 0) is 26.0 Å². The zero-order valence-corrected chi connectivity index (χ0v) is 8.38. The second kappa shape index (κ2) is 4.02. The highest BCUT2D eigenvalue weighted by molar-refractivity contribution is 8.09. The molecule has 0 fully saturated rings. The number of aryl methyl sites for hydroxylation is 2. The third kappa shape index (κ3) is 2.75. The second-order valence-electron chi connectivity index (χ2n) is 2.36. The SMILES string of the molecule is Cc1cc(SCS)cc(C)n1. The third-order valence-electron chi connectivity index (χ3n) is 1.29. The highest BCUT2D eigenvalue weighted by Crippen LogP contribution is 2.19. The summed E-state index contributed by atoms with van der Waals surface area (Å²) in [6.07, 6.45) is 0. The number of hydrogen-bond donors (Lipinski definition) is 1. The van der Waals surface area contributed by atoms with Gasteiger partial charge in [-0.25, -0.2) is 0 Å². The van der Waals surface area contributed by atoms with Crippen LogP contribution in [0, 0.1) is 13.8 Å². The standard InChI is InChI=1S/C8H11NS2/c1-6-3-8(11-5-10)4-7(2)9-6/h3-4,10H,5H2,1-2H3. The van der Waals surface area contributed by atoms with E-state index in [-0.39, 0.29) is 0 Å². The van der Waals surface area contributed by atoms with E-state index in [2.05, 4.69) is 29.7 Å². The maximum atomic E-state index is 4.28. The number of aromatic nitrogens is 1. The van der Waals surface area contributed by atoms with Gasteiger partial charge in [0.25, 0.3) is 0 Å². The number of nitrogens with zero attached hydrogens (tertiary/aromatic N) is 1. The minimum atomic E-state index is 0.822. The second-order valence-corrected chi connectivity index (χ2v) is 4.15. The Labute approximate surface area is 77.0 Å². The summed E-state index contributed by atoms with van der Waals surface area (Å²) in [5.74, 6) is 0. The third-order valence-corrected chi connectivity index (χ3v) is 2.37. The van der Waals surface area contributed by atoms with E-state index in [1.54, 1.807) is 11.8 Å². The first-order valence-corrected chi connectivity index (χ1v) is 5.03. The van der Waals surface area contributed by atoms with Crippen LogP contribution < -0.4 is 0 Å². The van der Waals surface area contributed by atoms with Gasteiger partial charge >= 0.3 is 0 Å². The molecule has 0 radical (unpaired) electrons. The van der Waals surface area contributed by atoms with Crippen LogP contribution >= 0.6 is 24.4 Å². The molecular weight excluding hydrogens is 174 g/mol. The monoisotopic (exact) mass is 185 g/mol. The Kier molecular flexibility index (Phi) is 3.27. The summed E-state index contributed by atoms with van der Waals surface area (Å²) in [5.41, 5.74) is 2.16. The summed E-state index contributed by atoms with van der Waals surface area (Å²) in [4.78, 5) is 5.53. The van der Waals surface area contributed by atoms with Crippen molar-refractivity contribution in [2.75, 3.05) is 5.08 Å². The van der Waals surface area contributed by atoms with E-state index < -0.39 is 0 Å². The highest BCUT2D eigenvalue weighted by Gasteiger charge is 1.95. The van der Waals surface area contributed by atoms with E-state index in [0.717, 1.165) is 16.5 Å². The lowest BCUT2D eigenvalue weighted by Crippen LogP contribution is -1.85. The van der Waals surface area contributed by atoms with Crippen LogP contribution in [0.5, 0.6) is 0 Å². The minimum absolute atomic E-state index is 0.822. The Balaban J connectivity index is 2.89. The Morgan fingerprint density at radius 1 is 1.36 bits per heavy atom. The molecule has 0 amide bonds. The van der Waals surface area contributed by atoms with Gasteiger partial charge in [-0.2, -0.15) is 12.6 Å². The molecular formula is C8H11NS2. The van der Waals surface area contributed by atoms with E-state index in [1.165, 1.54) is 4.90 Å². The van der Waals surface area contributed by atoms with Crippen LogP contribution in [-0.4, -0.2) is 10.1 Å². The van der Waals surface area contributed by atoms with E-state index in [1.807, 2.05) is 13.8 Å². The molecule has 3 heteroatoms. The summed E-state index contributed by atoms with van der Waals surface area (Å²) in [6, 6.07) is 4.15. The Bertz CT molecular complexity index is 228. The maximum Gasteiger partial charge on any atom is 0.0409 e. The van der Waals surface area contributed by atoms with Crippen molar-refractivity contribution in [3.8, 4) is 0 Å². The number of thioether (sulfide) groups is 1. The molecule has 0 saturated heterocycles. The molecule has 0 spiro atoms. The molecule has 60 valence electrons. The normalized spacial score (nSPS) is 10.1. The van der Waals surface area contributed by atoms with Crippen LogP contribution in [0.1, 0.15) is 11.4 Å². The van der Waals surface area contributed by atoms with Gasteiger partial charge in [-0.3, -0.25) is 4.98 Å². The zero-order valence-electron chi connectivity index (χ0n) is 6.66. The van der Waals surface area contributed by atoms with Gasteiger partial charge in [0.15, 0.2) is 0 Å². The predicted octanol–water partition coefficient (Wildman–Crippen LogP) is 2.68. The molecule has 1 aromatic rings. The molecule has 1 aromatic heterocycles. The smallest absolute Gasteiger partial charge is 0.0409 e. The molecule has 1 heterocycles. The minimum Gasteiger partial charge on any atom is -0.258 e. The van der Waals surface area contributed by atoms with Gasteiger partial charge in [0, 0.05) is 21.4 Å². The van der Waals surface area contributed by atoms with Crippen molar-refractivity contribution in [3.63, 3.8) is 0 Å². The fourth-order valence-corrected chi connectivity index (χ4v) is 2.06. The average molecular weight is 185 g/mol. The summed E-state index contributed by atoms with van der Waals surface area (Å²) in [7, 11) is 0. The van der Waals surface area contributed by atoms with E-state index in [0.29, 0.717) is 0 Å². The summed E-state index contributed by atoms with van der Waals surface area (Å²) >= 11 is 5.87.